The molecular weight excluding hydrogens is 454 g/mol. The molecule has 2 aromatic carbocycles. The number of hydrogen-bond acceptors (Lipinski definition) is 6. The normalized spacial score (nSPS) is 14.0. The van der Waals surface area contributed by atoms with Gasteiger partial charge in [0.25, 0.3) is 0 Å². The minimum atomic E-state index is -0.467. The number of thiophene rings is 1. The predicted octanol–water partition coefficient (Wildman–Crippen LogP) is 4.39. The number of hydrogen-bond donors (Lipinski definition) is 1. The Morgan fingerprint density at radius 1 is 1.09 bits per heavy atom. The molecule has 7 nitrogen and oxygen atoms in total. The third-order valence-electron chi connectivity index (χ3n) is 5.29. The molecule has 1 atom stereocenters. The zero-order valence-electron chi connectivity index (χ0n) is 17.8. The molecule has 0 saturated heterocycles. The number of benzene rings is 2. The van der Waals surface area contributed by atoms with Gasteiger partial charge in [-0.25, -0.2) is 0 Å². The summed E-state index contributed by atoms with van der Waals surface area (Å²) < 4.78 is 2.00. The van der Waals surface area contributed by atoms with Gasteiger partial charge < -0.3 is 5.32 Å². The van der Waals surface area contributed by atoms with E-state index in [1.807, 2.05) is 71.5 Å². The fourth-order valence-corrected chi connectivity index (χ4v) is 5.40. The lowest BCUT2D eigenvalue weighted by atomic mass is 10.2. The molecule has 2 aromatic heterocycles. The third kappa shape index (κ3) is 4.42. The highest BCUT2D eigenvalue weighted by atomic mass is 32.2. The van der Waals surface area contributed by atoms with Crippen LogP contribution in [0.1, 0.15) is 17.6 Å². The van der Waals surface area contributed by atoms with Gasteiger partial charge in [-0.2, -0.15) is 0 Å². The molecule has 0 fully saturated rings. The molecule has 2 amide bonds. The van der Waals surface area contributed by atoms with E-state index in [1.54, 1.807) is 22.3 Å². The van der Waals surface area contributed by atoms with Crippen LogP contribution in [-0.2, 0) is 16.0 Å². The molecule has 1 N–H and O–H groups in total. The van der Waals surface area contributed by atoms with Crippen LogP contribution >= 0.6 is 23.1 Å². The number of aromatic nitrogens is 3. The summed E-state index contributed by atoms with van der Waals surface area (Å²) in [5, 5.41) is 13.9. The number of nitrogens with zero attached hydrogens (tertiary/aromatic N) is 4. The first-order chi connectivity index (χ1) is 16.1. The molecule has 33 heavy (non-hydrogen) atoms. The smallest absolute Gasteiger partial charge is 0.244 e. The van der Waals surface area contributed by atoms with Crippen LogP contribution < -0.4 is 10.2 Å². The van der Waals surface area contributed by atoms with Gasteiger partial charge in [-0.05, 0) is 42.6 Å². The summed E-state index contributed by atoms with van der Waals surface area (Å²) in [7, 11) is 0. The van der Waals surface area contributed by atoms with Gasteiger partial charge in [-0.1, -0.05) is 48.2 Å². The van der Waals surface area contributed by atoms with Crippen LogP contribution in [0.3, 0.4) is 0 Å². The zero-order valence-corrected chi connectivity index (χ0v) is 19.5. The minimum absolute atomic E-state index is 0.00422. The van der Waals surface area contributed by atoms with Crippen LogP contribution in [0, 0.1) is 0 Å². The summed E-state index contributed by atoms with van der Waals surface area (Å²) >= 11 is 3.02. The summed E-state index contributed by atoms with van der Waals surface area (Å²) in [4.78, 5) is 28.3. The van der Waals surface area contributed by atoms with Crippen LogP contribution in [0.5, 0.6) is 0 Å². The van der Waals surface area contributed by atoms with Crippen molar-refractivity contribution < 1.29 is 9.59 Å². The molecule has 0 spiro atoms. The van der Waals surface area contributed by atoms with Crippen LogP contribution in [0.15, 0.2) is 77.3 Å². The fraction of sp³-hybridized carbons (Fsp3) is 0.167. The number of amides is 2. The van der Waals surface area contributed by atoms with Crippen molar-refractivity contribution in [1.29, 1.82) is 0 Å². The van der Waals surface area contributed by atoms with Crippen LogP contribution in [-0.4, -0.2) is 38.4 Å². The van der Waals surface area contributed by atoms with Gasteiger partial charge in [0.2, 0.25) is 11.8 Å². The number of nitrogens with one attached hydrogen (secondary N) is 1. The van der Waals surface area contributed by atoms with Crippen molar-refractivity contribution >= 4 is 46.3 Å². The molecular formula is C24H21N5O2S2. The Morgan fingerprint density at radius 2 is 1.88 bits per heavy atom. The summed E-state index contributed by atoms with van der Waals surface area (Å²) in [6.45, 7) is 1.83. The van der Waals surface area contributed by atoms with Crippen molar-refractivity contribution in [2.45, 2.75) is 23.8 Å². The highest BCUT2D eigenvalue weighted by Gasteiger charge is 2.31. The van der Waals surface area contributed by atoms with Gasteiger partial charge in [0.05, 0.1) is 16.6 Å². The molecule has 5 rings (SSSR count). The van der Waals surface area contributed by atoms with E-state index in [2.05, 4.69) is 21.6 Å². The van der Waals surface area contributed by atoms with E-state index in [0.717, 1.165) is 11.5 Å². The number of para-hydroxylation sites is 3. The topological polar surface area (TPSA) is 80.1 Å². The van der Waals surface area contributed by atoms with Crippen LogP contribution in [0.2, 0.25) is 0 Å². The van der Waals surface area contributed by atoms with Crippen molar-refractivity contribution in [3.63, 3.8) is 0 Å². The number of anilines is 2. The van der Waals surface area contributed by atoms with Crippen molar-refractivity contribution in [3.05, 3.63) is 82.8 Å². The molecule has 0 unspecified atom stereocenters. The molecule has 0 aliphatic carbocycles. The van der Waals surface area contributed by atoms with Gasteiger partial charge in [0, 0.05) is 17.0 Å². The Hall–Kier alpha value is -3.43. The van der Waals surface area contributed by atoms with E-state index in [1.165, 1.54) is 16.6 Å². The molecule has 1 aliphatic rings. The lowest BCUT2D eigenvalue weighted by Gasteiger charge is -2.30. The molecule has 0 radical (unpaired) electrons. The van der Waals surface area contributed by atoms with Crippen molar-refractivity contribution in [2.24, 2.45) is 0 Å². The van der Waals surface area contributed by atoms with E-state index in [9.17, 15) is 9.59 Å². The van der Waals surface area contributed by atoms with Gasteiger partial charge in [0.1, 0.15) is 12.4 Å². The lowest BCUT2D eigenvalue weighted by Crippen LogP contribution is -2.45. The van der Waals surface area contributed by atoms with Crippen LogP contribution in [0.4, 0.5) is 11.4 Å². The highest BCUT2D eigenvalue weighted by molar-refractivity contribution is 8.00. The highest BCUT2D eigenvalue weighted by Crippen LogP contribution is 2.33. The van der Waals surface area contributed by atoms with E-state index in [4.69, 9.17) is 0 Å². The summed E-state index contributed by atoms with van der Waals surface area (Å²) in [6.07, 6.45) is 0.655. The number of carbonyl (C=O) groups is 2. The Bertz CT molecular complexity index is 1290. The van der Waals surface area contributed by atoms with Gasteiger partial charge in [0.15, 0.2) is 5.16 Å². The Balaban J connectivity index is 1.44. The van der Waals surface area contributed by atoms with Gasteiger partial charge in [-0.3, -0.25) is 19.1 Å². The minimum Gasteiger partial charge on any atom is -0.323 e. The maximum Gasteiger partial charge on any atom is 0.244 e. The SMILES string of the molecule is C[C@H](Sc1nnc(Cc2cccs2)n1-c1ccccc1)C(=O)N1CC(=O)Nc2ccccc21. The van der Waals surface area contributed by atoms with Crippen molar-refractivity contribution in [3.8, 4) is 5.69 Å². The number of rotatable bonds is 6. The molecule has 166 valence electrons. The maximum absolute atomic E-state index is 13.4. The largest absolute Gasteiger partial charge is 0.323 e. The third-order valence-corrected chi connectivity index (χ3v) is 7.20. The number of thioether (sulfide) groups is 1. The van der Waals surface area contributed by atoms with E-state index >= 15 is 0 Å². The Morgan fingerprint density at radius 3 is 2.67 bits per heavy atom. The molecule has 3 heterocycles. The second kappa shape index (κ2) is 9.21. The molecule has 1 aliphatic heterocycles. The number of carbonyl (C=O) groups excluding carboxylic acids is 2. The second-order valence-corrected chi connectivity index (χ2v) is 9.92. The standard InChI is InChI=1S/C24H21N5O2S2/c1-16(23(31)28-15-22(30)25-19-11-5-6-12-20(19)28)33-24-27-26-21(14-18-10-7-13-32-18)29(24)17-8-3-2-4-9-17/h2-13,16H,14-15H2,1H3,(H,25,30)/t16-/m0/s1. The van der Waals surface area contributed by atoms with Gasteiger partial charge in [-0.15, -0.1) is 21.5 Å². The summed E-state index contributed by atoms with van der Waals surface area (Å²) in [6, 6.07) is 21.3. The predicted molar refractivity (Wildman–Crippen MR) is 131 cm³/mol. The average molecular weight is 476 g/mol. The van der Waals surface area contributed by atoms with Crippen molar-refractivity contribution in [2.75, 3.05) is 16.8 Å². The Kier molecular flexibility index (Phi) is 5.97. The van der Waals surface area contributed by atoms with E-state index in [-0.39, 0.29) is 18.4 Å². The molecule has 9 heteroatoms. The molecule has 0 bridgehead atoms. The molecule has 0 saturated carbocycles. The van der Waals surface area contributed by atoms with Crippen molar-refractivity contribution in [1.82, 2.24) is 14.8 Å². The quantitative estimate of drug-likeness (QED) is 0.419. The van der Waals surface area contributed by atoms with E-state index in [0.29, 0.717) is 23.0 Å². The number of fused-ring (bicyclic) bond motifs is 1. The molecule has 4 aromatic rings. The Labute approximate surface area is 199 Å². The van der Waals surface area contributed by atoms with E-state index < -0.39 is 5.25 Å². The summed E-state index contributed by atoms with van der Waals surface area (Å²) in [5.41, 5.74) is 2.29. The first-order valence-corrected chi connectivity index (χ1v) is 12.2. The fourth-order valence-electron chi connectivity index (χ4n) is 3.75. The average Bonchev–Trinajstić information content (AvgIpc) is 3.49. The second-order valence-electron chi connectivity index (χ2n) is 7.58. The maximum atomic E-state index is 13.4. The van der Waals surface area contributed by atoms with Gasteiger partial charge >= 0.3 is 0 Å². The first kappa shape index (κ1) is 21.4. The lowest BCUT2D eigenvalue weighted by molar-refractivity contribution is -0.121. The zero-order chi connectivity index (χ0) is 22.8. The summed E-state index contributed by atoms with van der Waals surface area (Å²) in [5.74, 6) is 0.461. The first-order valence-electron chi connectivity index (χ1n) is 10.5. The monoisotopic (exact) mass is 475 g/mol. The van der Waals surface area contributed by atoms with Crippen LogP contribution in [0.25, 0.3) is 5.69 Å².